The number of hydrogen-bond acceptors (Lipinski definition) is 2. The molecule has 0 rings (SSSR count). The van der Waals surface area contributed by atoms with Crippen molar-refractivity contribution in [1.29, 1.82) is 0 Å². The molecule has 0 atom stereocenters. The molecule has 0 spiro atoms. The van der Waals surface area contributed by atoms with Crippen molar-refractivity contribution in [3.63, 3.8) is 0 Å². The quantitative estimate of drug-likeness (QED) is 0.355. The Balaban J connectivity index is 3.14. The van der Waals surface area contributed by atoms with E-state index in [-0.39, 0.29) is 0 Å². The van der Waals surface area contributed by atoms with Crippen molar-refractivity contribution in [3.8, 4) is 0 Å². The van der Waals surface area contributed by atoms with Gasteiger partial charge in [0.25, 0.3) is 0 Å². The first-order chi connectivity index (χ1) is 2.27. The van der Waals surface area contributed by atoms with Gasteiger partial charge in [-0.3, -0.25) is 0 Å². The Bertz CT molecular complexity index is 45.6. The summed E-state index contributed by atoms with van der Waals surface area (Å²) in [5.74, 6) is 4.67. The van der Waals surface area contributed by atoms with Gasteiger partial charge in [0.2, 0.25) is 0 Å². The zero-order valence-corrected chi connectivity index (χ0v) is 5.45. The third-order valence-electron chi connectivity index (χ3n) is 0.0976. The van der Waals surface area contributed by atoms with E-state index in [4.69, 9.17) is 0 Å². The molecule has 0 aliphatic heterocycles. The normalized spacial score (nSPS) is 6.80. The Labute approximate surface area is 46.7 Å². The van der Waals surface area contributed by atoms with E-state index >= 15 is 0 Å². The van der Waals surface area contributed by atoms with Gasteiger partial charge in [0.05, 0.1) is 0 Å². The maximum atomic E-state index is 4.67. The highest BCUT2D eigenvalue weighted by atomic mass is 79.9. The van der Waals surface area contributed by atoms with Gasteiger partial charge in [0.15, 0.2) is 3.53 Å². The molecule has 2 nitrogen and oxygen atoms in total. The Hall–Kier alpha value is 0.430. The molecule has 0 aliphatic carbocycles. The van der Waals surface area contributed by atoms with Gasteiger partial charge in [-0.05, 0) is 31.9 Å². The van der Waals surface area contributed by atoms with Gasteiger partial charge in [0, 0.05) is 0 Å². The third-order valence-corrected chi connectivity index (χ3v) is 0.507. The van der Waals surface area contributed by atoms with E-state index in [1.165, 1.54) is 0 Å². The fourth-order valence-corrected chi connectivity index (χ4v) is 0. The van der Waals surface area contributed by atoms with Gasteiger partial charge < -0.3 is 5.84 Å². The highest BCUT2D eigenvalue weighted by Crippen LogP contribution is 1.93. The summed E-state index contributed by atoms with van der Waals surface area (Å²) in [6.07, 6.45) is 0. The number of rotatable bonds is 0. The van der Waals surface area contributed by atoms with Crippen molar-refractivity contribution in [1.82, 2.24) is 0 Å². The summed E-state index contributed by atoms with van der Waals surface area (Å²) in [5, 5.41) is 3.14. The maximum absolute atomic E-state index is 4.67. The van der Waals surface area contributed by atoms with E-state index < -0.39 is 0 Å². The lowest BCUT2D eigenvalue weighted by Crippen LogP contribution is -1.79. The van der Waals surface area contributed by atoms with Crippen molar-refractivity contribution < 1.29 is 0 Å². The first-order valence-corrected chi connectivity index (χ1v) is 2.45. The molecule has 0 saturated carbocycles. The fraction of sp³-hybridized carbons (Fsp3) is 0. The highest BCUT2D eigenvalue weighted by molar-refractivity contribution is 9.39. The smallest absolute Gasteiger partial charge is 0.168 e. The zero-order valence-electron chi connectivity index (χ0n) is 2.28. The zero-order chi connectivity index (χ0) is 4.28. The van der Waals surface area contributed by atoms with Crippen molar-refractivity contribution in [3.05, 3.63) is 0 Å². The van der Waals surface area contributed by atoms with E-state index in [0.717, 1.165) is 0 Å². The molecule has 0 aromatic rings. The maximum Gasteiger partial charge on any atom is 0.168 e. The summed E-state index contributed by atoms with van der Waals surface area (Å²) < 4.78 is 0.532. The van der Waals surface area contributed by atoms with Crippen LogP contribution in [0.3, 0.4) is 0 Å². The van der Waals surface area contributed by atoms with Crippen LogP contribution in [0.25, 0.3) is 0 Å². The van der Waals surface area contributed by atoms with Gasteiger partial charge in [-0.1, -0.05) is 0 Å². The van der Waals surface area contributed by atoms with Gasteiger partial charge >= 0.3 is 0 Å². The molecule has 4 heteroatoms. The topological polar surface area (TPSA) is 38.4 Å². The van der Waals surface area contributed by atoms with Crippen molar-refractivity contribution in [2.75, 3.05) is 0 Å². The lowest BCUT2D eigenvalue weighted by Gasteiger charge is -1.68. The lowest BCUT2D eigenvalue weighted by molar-refractivity contribution is 1.27. The molecule has 0 saturated heterocycles. The summed E-state index contributed by atoms with van der Waals surface area (Å²) in [4.78, 5) is 0. The standard InChI is InChI=1S/CH2Br2N2/c2-1(3)5-4/h4H2. The molecule has 0 aliphatic rings. The molecule has 0 bridgehead atoms. The number of hydrogen-bond donors (Lipinski definition) is 1. The Morgan fingerprint density at radius 3 is 1.80 bits per heavy atom. The minimum absolute atomic E-state index is 0.532. The second-order valence-corrected chi connectivity index (χ2v) is 2.94. The molecule has 0 fully saturated rings. The summed E-state index contributed by atoms with van der Waals surface area (Å²) >= 11 is 5.83. The second-order valence-electron chi connectivity index (χ2n) is 0.370. The number of nitrogens with two attached hydrogens (primary N) is 1. The number of halogens is 2. The fourth-order valence-electron chi connectivity index (χ4n) is 0. The van der Waals surface area contributed by atoms with Crippen LogP contribution in [0.5, 0.6) is 0 Å². The monoisotopic (exact) mass is 200 g/mol. The minimum Gasteiger partial charge on any atom is -0.322 e. The first-order valence-electron chi connectivity index (χ1n) is 0.860. The van der Waals surface area contributed by atoms with Gasteiger partial charge in [-0.15, -0.1) is 0 Å². The van der Waals surface area contributed by atoms with E-state index in [2.05, 4.69) is 42.8 Å². The van der Waals surface area contributed by atoms with Crippen LogP contribution in [0.2, 0.25) is 0 Å². The largest absolute Gasteiger partial charge is 0.322 e. The average molecular weight is 202 g/mol. The van der Waals surface area contributed by atoms with Crippen LogP contribution in [-0.4, -0.2) is 3.53 Å². The van der Waals surface area contributed by atoms with E-state index in [1.807, 2.05) is 0 Å². The van der Waals surface area contributed by atoms with Crippen molar-refractivity contribution >= 4 is 35.4 Å². The van der Waals surface area contributed by atoms with Crippen LogP contribution in [-0.2, 0) is 0 Å². The van der Waals surface area contributed by atoms with Gasteiger partial charge in [-0.25, -0.2) is 0 Å². The number of nitrogens with zero attached hydrogens (tertiary/aromatic N) is 1. The predicted octanol–water partition coefficient (Wildman–Crippen LogP) is 1.01. The average Bonchev–Trinajstić information content (AvgIpc) is 1.38. The molecule has 0 amide bonds. The Kier molecular flexibility index (Phi) is 2.88. The molecule has 0 aromatic carbocycles. The van der Waals surface area contributed by atoms with E-state index in [1.54, 1.807) is 0 Å². The molecule has 2 N–H and O–H groups in total. The molecular weight excluding hydrogens is 200 g/mol. The summed E-state index contributed by atoms with van der Waals surface area (Å²) in [5.41, 5.74) is 0. The molecule has 0 unspecified atom stereocenters. The van der Waals surface area contributed by atoms with Crippen LogP contribution in [0.1, 0.15) is 0 Å². The molecule has 0 radical (unpaired) electrons. The second kappa shape index (κ2) is 2.66. The van der Waals surface area contributed by atoms with Gasteiger partial charge in [-0.2, -0.15) is 5.10 Å². The van der Waals surface area contributed by atoms with Crippen LogP contribution in [0.15, 0.2) is 5.10 Å². The van der Waals surface area contributed by atoms with Crippen LogP contribution >= 0.6 is 31.9 Å². The number of hydrazone groups is 1. The molecule has 0 heterocycles. The molecular formula is CH2Br2N2. The summed E-state index contributed by atoms with van der Waals surface area (Å²) in [6.45, 7) is 0. The van der Waals surface area contributed by atoms with E-state index in [0.29, 0.717) is 3.53 Å². The third kappa shape index (κ3) is 4.43. The summed E-state index contributed by atoms with van der Waals surface area (Å²) in [7, 11) is 0. The highest BCUT2D eigenvalue weighted by Gasteiger charge is 1.70. The van der Waals surface area contributed by atoms with E-state index in [9.17, 15) is 0 Å². The Morgan fingerprint density at radius 2 is 1.80 bits per heavy atom. The van der Waals surface area contributed by atoms with Crippen LogP contribution < -0.4 is 5.84 Å². The SMILES string of the molecule is NN=C(Br)Br. The van der Waals surface area contributed by atoms with Crippen LogP contribution in [0.4, 0.5) is 0 Å². The minimum atomic E-state index is 0.532. The molecule has 0 aromatic heterocycles. The van der Waals surface area contributed by atoms with Gasteiger partial charge in [0.1, 0.15) is 0 Å². The molecule has 5 heavy (non-hydrogen) atoms. The lowest BCUT2D eigenvalue weighted by atomic mass is 11.7. The summed E-state index contributed by atoms with van der Waals surface area (Å²) in [6, 6.07) is 0. The molecule has 30 valence electrons. The Morgan fingerprint density at radius 1 is 1.60 bits per heavy atom. The van der Waals surface area contributed by atoms with Crippen LogP contribution in [0, 0.1) is 0 Å². The first kappa shape index (κ1) is 5.43. The van der Waals surface area contributed by atoms with Crippen molar-refractivity contribution in [2.45, 2.75) is 0 Å². The predicted molar refractivity (Wildman–Crippen MR) is 29.5 cm³/mol. The van der Waals surface area contributed by atoms with Crippen molar-refractivity contribution in [2.24, 2.45) is 10.9 Å².